The smallest absolute Gasteiger partial charge is 0.341 e. The Kier molecular flexibility index (Phi) is 3.46. The van der Waals surface area contributed by atoms with Crippen molar-refractivity contribution >= 4 is 22.8 Å². The predicted molar refractivity (Wildman–Crippen MR) is 64.1 cm³/mol. The molecule has 1 aliphatic heterocycles. The lowest BCUT2D eigenvalue weighted by molar-refractivity contribution is -0.142. The standard InChI is InChI=1S/C11H12N2O2S/c1-2-15-11(14)10-13-12-9(16-10)8-6-4-3-5-7-8/h3-7,10,13H,2H2,1H3. The maximum absolute atomic E-state index is 11.4. The monoisotopic (exact) mass is 236 g/mol. The minimum absolute atomic E-state index is 0.276. The van der Waals surface area contributed by atoms with Gasteiger partial charge >= 0.3 is 5.97 Å². The first-order valence-corrected chi connectivity index (χ1v) is 5.91. The third-order valence-electron chi connectivity index (χ3n) is 2.03. The molecule has 1 atom stereocenters. The molecular formula is C11H12N2O2S. The largest absolute Gasteiger partial charge is 0.464 e. The van der Waals surface area contributed by atoms with E-state index in [2.05, 4.69) is 10.5 Å². The number of hydrogen-bond acceptors (Lipinski definition) is 5. The summed E-state index contributed by atoms with van der Waals surface area (Å²) in [6, 6.07) is 9.74. The zero-order valence-corrected chi connectivity index (χ0v) is 9.66. The first kappa shape index (κ1) is 11.0. The third kappa shape index (κ3) is 2.36. The molecule has 0 aromatic heterocycles. The minimum Gasteiger partial charge on any atom is -0.464 e. The molecule has 1 aromatic rings. The van der Waals surface area contributed by atoms with Crippen molar-refractivity contribution in [1.29, 1.82) is 0 Å². The van der Waals surface area contributed by atoms with Crippen LogP contribution in [-0.2, 0) is 9.53 Å². The first-order valence-electron chi connectivity index (χ1n) is 5.03. The number of hydrazone groups is 1. The first-order chi connectivity index (χ1) is 7.81. The lowest BCUT2D eigenvalue weighted by atomic mass is 10.2. The number of rotatable bonds is 3. The van der Waals surface area contributed by atoms with Crippen LogP contribution in [0.3, 0.4) is 0 Å². The summed E-state index contributed by atoms with van der Waals surface area (Å²) in [5, 5.41) is 4.52. The van der Waals surface area contributed by atoms with Gasteiger partial charge in [-0.1, -0.05) is 42.1 Å². The summed E-state index contributed by atoms with van der Waals surface area (Å²) in [5.74, 6) is -0.276. The molecule has 1 aliphatic rings. The Balaban J connectivity index is 2.00. The molecule has 0 spiro atoms. The molecule has 1 aromatic carbocycles. The molecule has 0 bridgehead atoms. The number of ether oxygens (including phenoxy) is 1. The summed E-state index contributed by atoms with van der Waals surface area (Å²) in [4.78, 5) is 11.4. The fourth-order valence-corrected chi connectivity index (χ4v) is 2.18. The van der Waals surface area contributed by atoms with Crippen molar-refractivity contribution in [3.05, 3.63) is 35.9 Å². The maximum Gasteiger partial charge on any atom is 0.341 e. The minimum atomic E-state index is -0.421. The highest BCUT2D eigenvalue weighted by molar-refractivity contribution is 8.15. The van der Waals surface area contributed by atoms with Crippen molar-refractivity contribution in [3.63, 3.8) is 0 Å². The summed E-state index contributed by atoms with van der Waals surface area (Å²) in [5.41, 5.74) is 3.77. The van der Waals surface area contributed by atoms with Gasteiger partial charge in [0.25, 0.3) is 0 Å². The Bertz CT molecular complexity index is 406. The molecule has 0 radical (unpaired) electrons. The highest BCUT2D eigenvalue weighted by Crippen LogP contribution is 2.23. The van der Waals surface area contributed by atoms with E-state index in [1.54, 1.807) is 6.92 Å². The number of nitrogens with one attached hydrogen (secondary N) is 1. The van der Waals surface area contributed by atoms with E-state index in [4.69, 9.17) is 4.74 Å². The molecule has 5 heteroatoms. The van der Waals surface area contributed by atoms with Gasteiger partial charge in [-0.05, 0) is 6.92 Å². The molecule has 4 nitrogen and oxygen atoms in total. The number of esters is 1. The number of carbonyl (C=O) groups is 1. The fourth-order valence-electron chi connectivity index (χ4n) is 1.31. The number of nitrogens with zero attached hydrogens (tertiary/aromatic N) is 1. The van der Waals surface area contributed by atoms with E-state index < -0.39 is 5.37 Å². The Labute approximate surface area is 98.1 Å². The van der Waals surface area contributed by atoms with Gasteiger partial charge in [0.1, 0.15) is 5.04 Å². The molecule has 16 heavy (non-hydrogen) atoms. The van der Waals surface area contributed by atoms with Crippen LogP contribution >= 0.6 is 11.8 Å². The number of benzene rings is 1. The van der Waals surface area contributed by atoms with Crippen LogP contribution in [0.2, 0.25) is 0 Å². The van der Waals surface area contributed by atoms with Gasteiger partial charge < -0.3 is 4.74 Å². The molecule has 0 amide bonds. The van der Waals surface area contributed by atoms with Gasteiger partial charge in [0, 0.05) is 5.56 Å². The summed E-state index contributed by atoms with van der Waals surface area (Å²) in [7, 11) is 0. The molecule has 0 aliphatic carbocycles. The van der Waals surface area contributed by atoms with Crippen molar-refractivity contribution in [3.8, 4) is 0 Å². The van der Waals surface area contributed by atoms with Crippen LogP contribution in [-0.4, -0.2) is 23.0 Å². The van der Waals surface area contributed by atoms with Crippen molar-refractivity contribution in [1.82, 2.24) is 5.43 Å². The van der Waals surface area contributed by atoms with E-state index >= 15 is 0 Å². The molecule has 1 N–H and O–H groups in total. The van der Waals surface area contributed by atoms with Gasteiger partial charge in [0.15, 0.2) is 5.37 Å². The van der Waals surface area contributed by atoms with E-state index in [1.807, 2.05) is 30.3 Å². The number of thioether (sulfide) groups is 1. The van der Waals surface area contributed by atoms with E-state index in [0.717, 1.165) is 10.6 Å². The fraction of sp³-hybridized carbons (Fsp3) is 0.273. The lowest BCUT2D eigenvalue weighted by Gasteiger charge is -2.07. The highest BCUT2D eigenvalue weighted by Gasteiger charge is 2.27. The van der Waals surface area contributed by atoms with E-state index in [-0.39, 0.29) is 5.97 Å². The van der Waals surface area contributed by atoms with Crippen molar-refractivity contribution < 1.29 is 9.53 Å². The van der Waals surface area contributed by atoms with Crippen LogP contribution in [0.25, 0.3) is 0 Å². The second-order valence-electron chi connectivity index (χ2n) is 3.16. The quantitative estimate of drug-likeness (QED) is 0.809. The van der Waals surface area contributed by atoms with Crippen LogP contribution in [0.5, 0.6) is 0 Å². The normalized spacial score (nSPS) is 18.8. The average Bonchev–Trinajstić information content (AvgIpc) is 2.80. The van der Waals surface area contributed by atoms with Crippen LogP contribution in [0.15, 0.2) is 35.4 Å². The van der Waals surface area contributed by atoms with Gasteiger partial charge in [0.2, 0.25) is 0 Å². The van der Waals surface area contributed by atoms with Crippen LogP contribution < -0.4 is 5.43 Å². The topological polar surface area (TPSA) is 50.7 Å². The van der Waals surface area contributed by atoms with Crippen molar-refractivity contribution in [2.45, 2.75) is 12.3 Å². The molecule has 0 fully saturated rings. The zero-order valence-electron chi connectivity index (χ0n) is 8.84. The van der Waals surface area contributed by atoms with Crippen molar-refractivity contribution in [2.24, 2.45) is 5.10 Å². The molecule has 1 heterocycles. The van der Waals surface area contributed by atoms with Gasteiger partial charge in [-0.2, -0.15) is 5.10 Å². The van der Waals surface area contributed by atoms with E-state index in [9.17, 15) is 4.79 Å². The van der Waals surface area contributed by atoms with Gasteiger partial charge in [0.05, 0.1) is 6.61 Å². The van der Waals surface area contributed by atoms with Gasteiger partial charge in [-0.15, -0.1) is 0 Å². The predicted octanol–water partition coefficient (Wildman–Crippen LogP) is 1.57. The SMILES string of the molecule is CCOC(=O)C1NN=C(c2ccccc2)S1. The molecular weight excluding hydrogens is 224 g/mol. The van der Waals surface area contributed by atoms with Crippen LogP contribution in [0.4, 0.5) is 0 Å². The second kappa shape index (κ2) is 5.03. The maximum atomic E-state index is 11.4. The summed E-state index contributed by atoms with van der Waals surface area (Å²) in [6.45, 7) is 2.18. The summed E-state index contributed by atoms with van der Waals surface area (Å²) in [6.07, 6.45) is 0. The molecule has 0 saturated carbocycles. The second-order valence-corrected chi connectivity index (χ2v) is 4.26. The van der Waals surface area contributed by atoms with E-state index in [1.165, 1.54) is 11.8 Å². The van der Waals surface area contributed by atoms with Crippen LogP contribution in [0.1, 0.15) is 12.5 Å². The molecule has 2 rings (SSSR count). The van der Waals surface area contributed by atoms with Gasteiger partial charge in [-0.3, -0.25) is 5.43 Å². The van der Waals surface area contributed by atoms with Crippen molar-refractivity contribution in [2.75, 3.05) is 6.61 Å². The average molecular weight is 236 g/mol. The molecule has 0 saturated heterocycles. The molecule has 1 unspecified atom stereocenters. The summed E-state index contributed by atoms with van der Waals surface area (Å²) >= 11 is 1.38. The molecule has 84 valence electrons. The van der Waals surface area contributed by atoms with Crippen LogP contribution in [0, 0.1) is 0 Å². The Morgan fingerprint density at radius 1 is 1.50 bits per heavy atom. The Morgan fingerprint density at radius 2 is 2.25 bits per heavy atom. The van der Waals surface area contributed by atoms with Gasteiger partial charge in [-0.25, -0.2) is 4.79 Å². The Morgan fingerprint density at radius 3 is 2.94 bits per heavy atom. The Hall–Kier alpha value is -1.49. The third-order valence-corrected chi connectivity index (χ3v) is 3.12. The lowest BCUT2D eigenvalue weighted by Crippen LogP contribution is -2.28. The summed E-state index contributed by atoms with van der Waals surface area (Å²) < 4.78 is 4.91. The van der Waals surface area contributed by atoms with E-state index in [0.29, 0.717) is 6.61 Å². The highest BCUT2D eigenvalue weighted by atomic mass is 32.2. The number of hydrogen-bond donors (Lipinski definition) is 1. The zero-order chi connectivity index (χ0) is 11.4. The number of carbonyl (C=O) groups excluding carboxylic acids is 1.